The highest BCUT2D eigenvalue weighted by atomic mass is 16.6. The molecule has 0 aromatic heterocycles. The maximum atomic E-state index is 16.9. The maximum Gasteiger partial charge on any atom is 0.329 e. The van der Waals surface area contributed by atoms with E-state index < -0.39 is 59.5 Å². The Balaban J connectivity index is 1.26. The van der Waals surface area contributed by atoms with Crippen molar-refractivity contribution >= 4 is 29.5 Å². The maximum absolute atomic E-state index is 16.9. The number of aliphatic hydroxyl groups is 1. The van der Waals surface area contributed by atoms with Crippen LogP contribution in [-0.2, 0) is 24.5 Å². The Bertz CT molecular complexity index is 2970. The lowest BCUT2D eigenvalue weighted by atomic mass is 9.64. The molecule has 1 spiro atoms. The van der Waals surface area contributed by atoms with Crippen LogP contribution in [-0.4, -0.2) is 78.2 Å². The van der Waals surface area contributed by atoms with Crippen molar-refractivity contribution in [1.82, 2.24) is 15.1 Å². The van der Waals surface area contributed by atoms with Crippen LogP contribution in [0.3, 0.4) is 0 Å². The number of amides is 4. The van der Waals surface area contributed by atoms with Crippen LogP contribution in [0.4, 0.5) is 10.5 Å². The number of urea groups is 1. The lowest BCUT2D eigenvalue weighted by Gasteiger charge is -2.46. The number of hydrogen-bond acceptors (Lipinski definition) is 9. The molecule has 0 radical (unpaired) electrons. The fraction of sp³-hybridized carbons (Fsp3) is 0.300. The van der Waals surface area contributed by atoms with Crippen molar-refractivity contribution in [3.63, 3.8) is 0 Å². The highest BCUT2D eigenvalue weighted by Crippen LogP contribution is 2.66. The molecule has 6 aromatic rings. The van der Waals surface area contributed by atoms with Crippen molar-refractivity contribution in [2.24, 2.45) is 5.92 Å². The van der Waals surface area contributed by atoms with E-state index in [1.165, 1.54) is 4.90 Å². The van der Waals surface area contributed by atoms with E-state index in [-0.39, 0.29) is 24.8 Å². The number of anilines is 1. The van der Waals surface area contributed by atoms with Crippen LogP contribution in [0.2, 0.25) is 0 Å². The minimum absolute atomic E-state index is 0.0612. The molecular formula is C60H58N4O8. The van der Waals surface area contributed by atoms with Crippen molar-refractivity contribution in [1.29, 1.82) is 0 Å². The Kier molecular flexibility index (Phi) is 13.9. The van der Waals surface area contributed by atoms with Crippen molar-refractivity contribution in [3.05, 3.63) is 197 Å². The molecule has 2 N–H and O–H groups in total. The van der Waals surface area contributed by atoms with Gasteiger partial charge in [-0.3, -0.25) is 19.3 Å². The van der Waals surface area contributed by atoms with Crippen LogP contribution in [0.1, 0.15) is 102 Å². The second-order valence-corrected chi connectivity index (χ2v) is 18.9. The van der Waals surface area contributed by atoms with Gasteiger partial charge in [0.2, 0.25) is 11.8 Å². The smallest absolute Gasteiger partial charge is 0.329 e. The molecule has 0 saturated carbocycles. The van der Waals surface area contributed by atoms with Gasteiger partial charge in [-0.05, 0) is 102 Å². The van der Waals surface area contributed by atoms with Crippen LogP contribution >= 0.6 is 0 Å². The van der Waals surface area contributed by atoms with E-state index in [0.29, 0.717) is 41.3 Å². The molecule has 366 valence electrons. The van der Waals surface area contributed by atoms with Crippen molar-refractivity contribution in [2.45, 2.75) is 74.7 Å². The number of benzene rings is 6. The van der Waals surface area contributed by atoms with E-state index in [2.05, 4.69) is 22.1 Å². The standard InChI is InChI=1S/C60H58N4O8/c1-40(43-17-9-6-10-18-43)61-59(69)63-50-34-27-42(24-23-41-25-30-47(70-2)31-26-41)39-49(50)60(58(63)68)51(56(66)62-35-15-4-3-5-16-36-62)53-57(67)72-54(45-21-13-8-14-22-45)52(44-19-11-7-12-20-44)64(53)55(60)46-28-32-48(33-29-46)71-38-37-65/h6-14,17-22,25-34,39-40,51-55,65H,3-5,15-16,35-38H2,1-2H3,(H,61,69)/t40-,51+,52+,53+,54-,55-,60+/m1/s1. The van der Waals surface area contributed by atoms with Crippen LogP contribution in [0.15, 0.2) is 158 Å². The Morgan fingerprint density at radius 2 is 1.32 bits per heavy atom. The quantitative estimate of drug-likeness (QED) is 0.102. The van der Waals surface area contributed by atoms with E-state index in [0.717, 1.165) is 54.4 Å². The molecule has 7 atom stereocenters. The minimum Gasteiger partial charge on any atom is -0.497 e. The van der Waals surface area contributed by atoms with Gasteiger partial charge in [0.25, 0.3) is 0 Å². The first-order valence-corrected chi connectivity index (χ1v) is 24.9. The van der Waals surface area contributed by atoms with Crippen LogP contribution in [0.25, 0.3) is 0 Å². The molecule has 12 heteroatoms. The number of esters is 1. The Morgan fingerprint density at radius 1 is 0.722 bits per heavy atom. The minimum atomic E-state index is -1.93. The molecule has 6 aromatic carbocycles. The Hall–Kier alpha value is -7.72. The fourth-order valence-corrected chi connectivity index (χ4v) is 11.4. The summed E-state index contributed by atoms with van der Waals surface area (Å²) in [6.07, 6.45) is 3.56. The molecule has 0 unspecified atom stereocenters. The number of morpholine rings is 1. The molecule has 3 fully saturated rings. The zero-order valence-electron chi connectivity index (χ0n) is 40.5. The number of carbonyl (C=O) groups excluding carboxylic acids is 4. The lowest BCUT2D eigenvalue weighted by Crippen LogP contribution is -2.57. The number of carbonyl (C=O) groups is 4. The van der Waals surface area contributed by atoms with Gasteiger partial charge in [-0.25, -0.2) is 9.69 Å². The summed E-state index contributed by atoms with van der Waals surface area (Å²) in [5.41, 5.74) is 3.00. The second-order valence-electron chi connectivity index (χ2n) is 18.9. The monoisotopic (exact) mass is 962 g/mol. The number of likely N-dealkylation sites (tertiary alicyclic amines) is 1. The van der Waals surface area contributed by atoms with Crippen LogP contribution in [0.5, 0.6) is 11.5 Å². The SMILES string of the molecule is COc1ccc(C#Cc2ccc3c(c2)[C@]2(C(=O)N3C(=O)N[C@H](C)c3ccccc3)[C@H](C(=O)N3CCCCCCC3)[C@H]3C(=O)O[C@H](c4ccccc4)[C@H](c4ccccc4)N3[C@@H]2c2ccc(OCCO)cc2)cc1. The Morgan fingerprint density at radius 3 is 1.97 bits per heavy atom. The van der Waals surface area contributed by atoms with Crippen LogP contribution in [0, 0.1) is 17.8 Å². The summed E-state index contributed by atoms with van der Waals surface area (Å²) in [6.45, 7) is 2.61. The summed E-state index contributed by atoms with van der Waals surface area (Å²) in [7, 11) is 1.60. The molecule has 10 rings (SSSR count). The zero-order valence-corrected chi connectivity index (χ0v) is 40.5. The predicted octanol–water partition coefficient (Wildman–Crippen LogP) is 9.40. The molecule has 0 aliphatic carbocycles. The topological polar surface area (TPSA) is 138 Å². The van der Waals surface area contributed by atoms with Gasteiger partial charge >= 0.3 is 12.0 Å². The van der Waals surface area contributed by atoms with Gasteiger partial charge < -0.3 is 29.5 Å². The van der Waals surface area contributed by atoms with E-state index in [4.69, 9.17) is 14.2 Å². The first kappa shape index (κ1) is 47.9. The summed E-state index contributed by atoms with van der Waals surface area (Å²) >= 11 is 0. The molecule has 3 saturated heterocycles. The number of nitrogens with zero attached hydrogens (tertiary/aromatic N) is 3. The highest BCUT2D eigenvalue weighted by Gasteiger charge is 2.76. The number of aliphatic hydroxyl groups excluding tert-OH is 1. The molecule has 4 amide bonds. The average Bonchev–Trinajstić information content (AvgIpc) is 3.86. The molecule has 0 bridgehead atoms. The first-order valence-electron chi connectivity index (χ1n) is 24.9. The second kappa shape index (κ2) is 20.9. The van der Waals surface area contributed by atoms with Crippen molar-refractivity contribution in [2.75, 3.05) is 38.3 Å². The third kappa shape index (κ3) is 8.88. The summed E-state index contributed by atoms with van der Waals surface area (Å²) in [5, 5.41) is 12.8. The van der Waals surface area contributed by atoms with E-state index in [9.17, 15) is 5.11 Å². The molecule has 72 heavy (non-hydrogen) atoms. The van der Waals surface area contributed by atoms with E-state index >= 15 is 19.2 Å². The molecule has 4 aliphatic heterocycles. The van der Waals surface area contributed by atoms with Crippen LogP contribution < -0.4 is 19.7 Å². The number of cyclic esters (lactones) is 1. The van der Waals surface area contributed by atoms with Crippen molar-refractivity contribution in [3.8, 4) is 23.3 Å². The number of imide groups is 1. The summed E-state index contributed by atoms with van der Waals surface area (Å²) in [5.74, 6) is 4.74. The highest BCUT2D eigenvalue weighted by molar-refractivity contribution is 6.24. The van der Waals surface area contributed by atoms with E-state index in [1.807, 2.05) is 145 Å². The van der Waals surface area contributed by atoms with Gasteiger partial charge in [0.15, 0.2) is 0 Å². The zero-order chi connectivity index (χ0) is 49.8. The molecule has 4 heterocycles. The van der Waals surface area contributed by atoms with Gasteiger partial charge in [0.1, 0.15) is 35.7 Å². The summed E-state index contributed by atoms with van der Waals surface area (Å²) in [4.78, 5) is 69.2. The van der Waals surface area contributed by atoms with Gasteiger partial charge in [-0.2, -0.15) is 0 Å². The number of methoxy groups -OCH3 is 1. The normalized spacial score (nSPS) is 23.1. The van der Waals surface area contributed by atoms with Gasteiger partial charge in [-0.1, -0.05) is 134 Å². The van der Waals surface area contributed by atoms with Gasteiger partial charge in [0, 0.05) is 24.2 Å². The fourth-order valence-electron chi connectivity index (χ4n) is 11.4. The number of hydrogen-bond donors (Lipinski definition) is 2. The predicted molar refractivity (Wildman–Crippen MR) is 273 cm³/mol. The molecule has 12 nitrogen and oxygen atoms in total. The Labute approximate surface area is 420 Å². The van der Waals surface area contributed by atoms with E-state index in [1.54, 1.807) is 31.4 Å². The number of nitrogens with one attached hydrogen (secondary N) is 1. The molecular weight excluding hydrogens is 905 g/mol. The van der Waals surface area contributed by atoms with Gasteiger partial charge in [0.05, 0.1) is 43.4 Å². The first-order chi connectivity index (χ1) is 35.2. The summed E-state index contributed by atoms with van der Waals surface area (Å²) < 4.78 is 18.0. The lowest BCUT2D eigenvalue weighted by molar-refractivity contribution is -0.179. The number of ether oxygens (including phenoxy) is 3. The number of rotatable bonds is 10. The summed E-state index contributed by atoms with van der Waals surface area (Å²) in [6, 6.07) is 44.6. The third-order valence-corrected chi connectivity index (χ3v) is 14.7. The largest absolute Gasteiger partial charge is 0.497 e. The average molecular weight is 963 g/mol. The number of fused-ring (bicyclic) bond motifs is 3. The third-order valence-electron chi connectivity index (χ3n) is 14.7. The van der Waals surface area contributed by atoms with Crippen molar-refractivity contribution < 1.29 is 38.5 Å². The molecule has 4 aliphatic rings. The van der Waals surface area contributed by atoms with Gasteiger partial charge in [-0.15, -0.1) is 0 Å².